The van der Waals surface area contributed by atoms with Crippen molar-refractivity contribution in [2.75, 3.05) is 14.2 Å². The van der Waals surface area contributed by atoms with Gasteiger partial charge in [0.2, 0.25) is 0 Å². The first-order valence-electron chi connectivity index (χ1n) is 7.84. The molecule has 1 aromatic carbocycles. The molecular weight excluding hydrogens is 262 g/mol. The van der Waals surface area contributed by atoms with Crippen molar-refractivity contribution in [2.45, 2.75) is 57.6 Å². The molecule has 0 bridgehead atoms. The minimum atomic E-state index is -0.182. The van der Waals surface area contributed by atoms with E-state index in [1.807, 2.05) is 19.2 Å². The van der Waals surface area contributed by atoms with Crippen LogP contribution in [0.1, 0.15) is 45.1 Å². The van der Waals surface area contributed by atoms with Gasteiger partial charge in [-0.2, -0.15) is 0 Å². The topological polar surface area (TPSA) is 44.5 Å². The summed E-state index contributed by atoms with van der Waals surface area (Å²) in [6, 6.07) is 8.17. The SMILES string of the molecule is COc1cccc(CC(N)C2(OC)CCC(C)(C)CC2)c1. The Morgan fingerprint density at radius 1 is 1.14 bits per heavy atom. The van der Waals surface area contributed by atoms with Crippen molar-refractivity contribution in [2.24, 2.45) is 11.1 Å². The number of methoxy groups -OCH3 is 2. The molecule has 2 N–H and O–H groups in total. The second-order valence-corrected chi connectivity index (χ2v) is 7.10. The molecular formula is C18H29NO2. The molecule has 0 aliphatic heterocycles. The maximum Gasteiger partial charge on any atom is 0.119 e. The van der Waals surface area contributed by atoms with Gasteiger partial charge in [-0.1, -0.05) is 26.0 Å². The third kappa shape index (κ3) is 3.78. The molecule has 1 fully saturated rings. The van der Waals surface area contributed by atoms with Crippen LogP contribution in [0.3, 0.4) is 0 Å². The average molecular weight is 291 g/mol. The van der Waals surface area contributed by atoms with Gasteiger partial charge in [0, 0.05) is 13.2 Å². The summed E-state index contributed by atoms with van der Waals surface area (Å²) in [6.45, 7) is 4.67. The predicted octanol–water partition coefficient (Wildman–Crippen LogP) is 3.55. The van der Waals surface area contributed by atoms with E-state index in [0.29, 0.717) is 5.41 Å². The Morgan fingerprint density at radius 2 is 1.81 bits per heavy atom. The van der Waals surface area contributed by atoms with E-state index in [2.05, 4.69) is 26.0 Å². The van der Waals surface area contributed by atoms with Gasteiger partial charge in [-0.25, -0.2) is 0 Å². The molecule has 0 saturated heterocycles. The van der Waals surface area contributed by atoms with Gasteiger partial charge >= 0.3 is 0 Å². The Hall–Kier alpha value is -1.06. The zero-order valence-electron chi connectivity index (χ0n) is 13.8. The molecule has 0 spiro atoms. The van der Waals surface area contributed by atoms with Crippen molar-refractivity contribution in [1.29, 1.82) is 0 Å². The number of rotatable bonds is 5. The van der Waals surface area contributed by atoms with Gasteiger partial charge in [-0.3, -0.25) is 0 Å². The Balaban J connectivity index is 2.08. The number of hydrogen-bond donors (Lipinski definition) is 1. The van der Waals surface area contributed by atoms with Crippen LogP contribution in [0.5, 0.6) is 5.75 Å². The molecule has 21 heavy (non-hydrogen) atoms. The van der Waals surface area contributed by atoms with E-state index in [1.54, 1.807) is 7.11 Å². The standard InChI is InChI=1S/C18H29NO2/c1-17(2)8-10-18(21-4,11-9-17)16(19)13-14-6-5-7-15(12-14)20-3/h5-7,12,16H,8-11,13,19H2,1-4H3. The van der Waals surface area contributed by atoms with Crippen LogP contribution >= 0.6 is 0 Å². The molecule has 3 heteroatoms. The lowest BCUT2D eigenvalue weighted by molar-refractivity contribution is -0.0781. The quantitative estimate of drug-likeness (QED) is 0.902. The Morgan fingerprint density at radius 3 is 2.38 bits per heavy atom. The molecule has 1 atom stereocenters. The molecule has 1 aliphatic carbocycles. The van der Waals surface area contributed by atoms with Gasteiger partial charge in [0.1, 0.15) is 5.75 Å². The second-order valence-electron chi connectivity index (χ2n) is 7.10. The van der Waals surface area contributed by atoms with Crippen LogP contribution in [0, 0.1) is 5.41 Å². The van der Waals surface area contributed by atoms with Crippen molar-refractivity contribution in [3.63, 3.8) is 0 Å². The van der Waals surface area contributed by atoms with Crippen LogP contribution in [0.25, 0.3) is 0 Å². The molecule has 1 aromatic rings. The first kappa shape index (κ1) is 16.3. The smallest absolute Gasteiger partial charge is 0.119 e. The summed E-state index contributed by atoms with van der Waals surface area (Å²) in [5.74, 6) is 0.885. The summed E-state index contributed by atoms with van der Waals surface area (Å²) in [6.07, 6.45) is 5.26. The van der Waals surface area contributed by atoms with Gasteiger partial charge in [0.25, 0.3) is 0 Å². The van der Waals surface area contributed by atoms with Gasteiger partial charge < -0.3 is 15.2 Å². The normalized spacial score (nSPS) is 21.8. The fourth-order valence-corrected chi connectivity index (χ4v) is 3.32. The molecule has 1 unspecified atom stereocenters. The fourth-order valence-electron chi connectivity index (χ4n) is 3.32. The Kier molecular flexibility index (Phi) is 4.95. The zero-order chi connectivity index (χ0) is 15.5. The number of ether oxygens (including phenoxy) is 2. The van der Waals surface area contributed by atoms with Crippen LogP contribution in [0.2, 0.25) is 0 Å². The molecule has 1 aliphatic rings. The summed E-state index contributed by atoms with van der Waals surface area (Å²) in [7, 11) is 3.50. The van der Waals surface area contributed by atoms with Crippen molar-refractivity contribution < 1.29 is 9.47 Å². The molecule has 0 amide bonds. The highest BCUT2D eigenvalue weighted by Crippen LogP contribution is 2.43. The summed E-state index contributed by atoms with van der Waals surface area (Å²) in [4.78, 5) is 0. The van der Waals surface area contributed by atoms with E-state index in [-0.39, 0.29) is 11.6 Å². The van der Waals surface area contributed by atoms with Gasteiger partial charge in [0.15, 0.2) is 0 Å². The summed E-state index contributed by atoms with van der Waals surface area (Å²) in [5, 5.41) is 0. The van der Waals surface area contributed by atoms with Crippen LogP contribution in [-0.2, 0) is 11.2 Å². The highest BCUT2D eigenvalue weighted by atomic mass is 16.5. The largest absolute Gasteiger partial charge is 0.497 e. The van der Waals surface area contributed by atoms with Crippen molar-refractivity contribution >= 4 is 0 Å². The average Bonchev–Trinajstić information content (AvgIpc) is 2.48. The Labute approximate surface area is 128 Å². The van der Waals surface area contributed by atoms with Crippen LogP contribution in [-0.4, -0.2) is 25.9 Å². The van der Waals surface area contributed by atoms with E-state index >= 15 is 0 Å². The van der Waals surface area contributed by atoms with Crippen LogP contribution in [0.15, 0.2) is 24.3 Å². The van der Waals surface area contributed by atoms with Crippen molar-refractivity contribution in [1.82, 2.24) is 0 Å². The fraction of sp³-hybridized carbons (Fsp3) is 0.667. The lowest BCUT2D eigenvalue weighted by Gasteiger charge is -2.46. The second kappa shape index (κ2) is 6.37. The minimum absolute atomic E-state index is 0.0192. The van der Waals surface area contributed by atoms with Crippen molar-refractivity contribution in [3.8, 4) is 5.75 Å². The lowest BCUT2D eigenvalue weighted by Crippen LogP contribution is -2.53. The van der Waals surface area contributed by atoms with E-state index in [1.165, 1.54) is 18.4 Å². The van der Waals surface area contributed by atoms with Gasteiger partial charge in [-0.05, 0) is 55.2 Å². The molecule has 0 radical (unpaired) electrons. The zero-order valence-corrected chi connectivity index (χ0v) is 13.8. The van der Waals surface area contributed by atoms with Crippen LogP contribution < -0.4 is 10.5 Å². The molecule has 3 nitrogen and oxygen atoms in total. The van der Waals surface area contributed by atoms with E-state index in [0.717, 1.165) is 25.0 Å². The van der Waals surface area contributed by atoms with E-state index < -0.39 is 0 Å². The maximum absolute atomic E-state index is 6.54. The third-order valence-corrected chi connectivity index (χ3v) is 5.12. The predicted molar refractivity (Wildman–Crippen MR) is 86.7 cm³/mol. The summed E-state index contributed by atoms with van der Waals surface area (Å²) >= 11 is 0. The summed E-state index contributed by atoms with van der Waals surface area (Å²) in [5.41, 5.74) is 7.98. The molecule has 1 saturated carbocycles. The van der Waals surface area contributed by atoms with Gasteiger partial charge in [0.05, 0.1) is 12.7 Å². The third-order valence-electron chi connectivity index (χ3n) is 5.12. The highest BCUT2D eigenvalue weighted by molar-refractivity contribution is 5.29. The highest BCUT2D eigenvalue weighted by Gasteiger charge is 2.42. The summed E-state index contributed by atoms with van der Waals surface area (Å²) < 4.78 is 11.2. The molecule has 0 aromatic heterocycles. The molecule has 2 rings (SSSR count). The molecule has 118 valence electrons. The van der Waals surface area contributed by atoms with E-state index in [4.69, 9.17) is 15.2 Å². The van der Waals surface area contributed by atoms with Crippen LogP contribution in [0.4, 0.5) is 0 Å². The van der Waals surface area contributed by atoms with Gasteiger partial charge in [-0.15, -0.1) is 0 Å². The first-order chi connectivity index (χ1) is 9.91. The maximum atomic E-state index is 6.54. The monoisotopic (exact) mass is 291 g/mol. The number of hydrogen-bond acceptors (Lipinski definition) is 3. The minimum Gasteiger partial charge on any atom is -0.497 e. The number of benzene rings is 1. The lowest BCUT2D eigenvalue weighted by atomic mass is 9.68. The first-order valence-corrected chi connectivity index (χ1v) is 7.84. The Bertz CT molecular complexity index is 460. The van der Waals surface area contributed by atoms with E-state index in [9.17, 15) is 0 Å². The number of nitrogens with two attached hydrogens (primary N) is 1. The molecule has 0 heterocycles. The van der Waals surface area contributed by atoms with Crippen molar-refractivity contribution in [3.05, 3.63) is 29.8 Å².